The smallest absolute Gasteiger partial charge is 0.317 e. The van der Waals surface area contributed by atoms with E-state index >= 15 is 0 Å². The van der Waals surface area contributed by atoms with Crippen LogP contribution in [0.4, 0.5) is 0 Å². The summed E-state index contributed by atoms with van der Waals surface area (Å²) >= 11 is 0. The Balaban J connectivity index is 2.41. The zero-order valence-corrected chi connectivity index (χ0v) is 12.0. The highest BCUT2D eigenvalue weighted by molar-refractivity contribution is 5.89. The first-order valence-corrected chi connectivity index (χ1v) is 6.82. The van der Waals surface area contributed by atoms with Gasteiger partial charge in [0.2, 0.25) is 0 Å². The van der Waals surface area contributed by atoms with Gasteiger partial charge in [0, 0.05) is 23.5 Å². The number of carboxylic acids is 1. The van der Waals surface area contributed by atoms with Gasteiger partial charge in [-0.15, -0.1) is 6.58 Å². The van der Waals surface area contributed by atoms with Crippen LogP contribution >= 0.6 is 0 Å². The summed E-state index contributed by atoms with van der Waals surface area (Å²) in [5, 5.41) is 21.2. The van der Waals surface area contributed by atoms with Crippen molar-refractivity contribution in [1.82, 2.24) is 4.90 Å². The minimum atomic E-state index is -0.899. The summed E-state index contributed by atoms with van der Waals surface area (Å²) in [7, 11) is 0. The van der Waals surface area contributed by atoms with Crippen molar-refractivity contribution in [3.05, 3.63) is 54.6 Å². The molecule has 21 heavy (non-hydrogen) atoms. The first-order chi connectivity index (χ1) is 10.0. The van der Waals surface area contributed by atoms with Crippen LogP contribution in [0.5, 0.6) is 5.75 Å². The van der Waals surface area contributed by atoms with Gasteiger partial charge in [-0.05, 0) is 12.3 Å². The number of benzene rings is 2. The molecule has 110 valence electrons. The second-order valence-corrected chi connectivity index (χ2v) is 5.01. The Morgan fingerprint density at radius 1 is 1.33 bits per heavy atom. The van der Waals surface area contributed by atoms with Gasteiger partial charge in [0.05, 0.1) is 6.54 Å². The minimum Gasteiger partial charge on any atom is -0.507 e. The van der Waals surface area contributed by atoms with Gasteiger partial charge in [-0.1, -0.05) is 42.5 Å². The summed E-state index contributed by atoms with van der Waals surface area (Å²) in [6, 6.07) is 11.1. The maximum Gasteiger partial charge on any atom is 0.317 e. The molecular weight excluding hydrogens is 266 g/mol. The lowest BCUT2D eigenvalue weighted by Gasteiger charge is -2.27. The summed E-state index contributed by atoms with van der Waals surface area (Å²) in [5.74, 6) is -0.691. The van der Waals surface area contributed by atoms with Gasteiger partial charge in [-0.3, -0.25) is 9.69 Å². The molecule has 1 unspecified atom stereocenters. The molecule has 0 spiro atoms. The third kappa shape index (κ3) is 3.23. The fourth-order valence-electron chi connectivity index (χ4n) is 2.50. The van der Waals surface area contributed by atoms with Crippen molar-refractivity contribution in [1.29, 1.82) is 0 Å². The molecule has 4 heteroatoms. The first kappa shape index (κ1) is 15.1. The molecule has 0 amide bonds. The molecule has 0 fully saturated rings. The molecule has 4 nitrogen and oxygen atoms in total. The van der Waals surface area contributed by atoms with Gasteiger partial charge < -0.3 is 10.2 Å². The summed E-state index contributed by atoms with van der Waals surface area (Å²) in [5.41, 5.74) is 0.719. The fourth-order valence-corrected chi connectivity index (χ4v) is 2.50. The number of hydrogen-bond acceptors (Lipinski definition) is 3. The predicted octanol–water partition coefficient (Wildman–Crippen LogP) is 3.18. The highest BCUT2D eigenvalue weighted by Crippen LogP contribution is 2.34. The fraction of sp³-hybridized carbons (Fsp3) is 0.235. The maximum absolute atomic E-state index is 11.0. The number of aromatic hydroxyl groups is 1. The van der Waals surface area contributed by atoms with Crippen LogP contribution in [0.1, 0.15) is 18.5 Å². The molecule has 0 aromatic heterocycles. The van der Waals surface area contributed by atoms with Crippen molar-refractivity contribution in [3.63, 3.8) is 0 Å². The van der Waals surface area contributed by atoms with Gasteiger partial charge in [0.1, 0.15) is 5.75 Å². The second kappa shape index (κ2) is 6.41. The van der Waals surface area contributed by atoms with Crippen molar-refractivity contribution in [2.75, 3.05) is 13.1 Å². The van der Waals surface area contributed by atoms with Crippen LogP contribution < -0.4 is 0 Å². The molecule has 0 heterocycles. The number of nitrogens with zero attached hydrogens (tertiary/aromatic N) is 1. The quantitative estimate of drug-likeness (QED) is 0.800. The molecule has 0 saturated carbocycles. The third-order valence-electron chi connectivity index (χ3n) is 3.63. The number of aliphatic carboxylic acids is 1. The number of phenolic OH excluding ortho intramolecular Hbond substituents is 1. The van der Waals surface area contributed by atoms with Gasteiger partial charge >= 0.3 is 5.97 Å². The highest BCUT2D eigenvalue weighted by Gasteiger charge is 2.20. The Bertz CT molecular complexity index is 666. The molecule has 2 rings (SSSR count). The number of phenols is 1. The third-order valence-corrected chi connectivity index (χ3v) is 3.63. The Morgan fingerprint density at radius 2 is 2.05 bits per heavy atom. The molecule has 0 aliphatic carbocycles. The number of carboxylic acid groups (broad SMARTS) is 1. The monoisotopic (exact) mass is 285 g/mol. The zero-order valence-electron chi connectivity index (χ0n) is 12.0. The average Bonchev–Trinajstić information content (AvgIpc) is 2.46. The van der Waals surface area contributed by atoms with Crippen molar-refractivity contribution in [3.8, 4) is 5.75 Å². The molecule has 0 aliphatic rings. The lowest BCUT2D eigenvalue weighted by molar-refractivity contribution is -0.138. The van der Waals surface area contributed by atoms with Crippen LogP contribution in [0.2, 0.25) is 0 Å². The number of carbonyl (C=O) groups is 1. The molecule has 0 bridgehead atoms. The summed E-state index contributed by atoms with van der Waals surface area (Å²) in [6.07, 6.45) is 1.66. The van der Waals surface area contributed by atoms with E-state index < -0.39 is 5.97 Å². The molecule has 0 radical (unpaired) electrons. The van der Waals surface area contributed by atoms with E-state index in [1.165, 1.54) is 0 Å². The number of hydrogen-bond donors (Lipinski definition) is 2. The lowest BCUT2D eigenvalue weighted by Crippen LogP contribution is -2.32. The SMILES string of the molecule is C=CCN(CC(=O)O)C(C)c1ccc2ccccc2c1O. The molecular formula is C17H19NO3. The molecule has 2 aromatic rings. The normalized spacial score (nSPS) is 12.5. The van der Waals surface area contributed by atoms with E-state index in [9.17, 15) is 9.90 Å². The number of fused-ring (bicyclic) bond motifs is 1. The molecule has 2 N–H and O–H groups in total. The zero-order chi connectivity index (χ0) is 15.4. The van der Waals surface area contributed by atoms with Crippen molar-refractivity contribution in [2.24, 2.45) is 0 Å². The van der Waals surface area contributed by atoms with E-state index in [2.05, 4.69) is 6.58 Å². The Labute approximate surface area is 123 Å². The average molecular weight is 285 g/mol. The standard InChI is InChI=1S/C17H19NO3/c1-3-10-18(11-16(19)20)12(2)14-9-8-13-6-4-5-7-15(13)17(14)21/h3-9,12,21H,1,10-11H2,2H3,(H,19,20). The van der Waals surface area contributed by atoms with Crippen LogP contribution in [-0.2, 0) is 4.79 Å². The molecule has 0 saturated heterocycles. The van der Waals surface area contributed by atoms with Crippen molar-refractivity contribution < 1.29 is 15.0 Å². The first-order valence-electron chi connectivity index (χ1n) is 6.82. The second-order valence-electron chi connectivity index (χ2n) is 5.01. The van der Waals surface area contributed by atoms with Crippen LogP contribution in [0.25, 0.3) is 10.8 Å². The molecule has 0 aliphatic heterocycles. The lowest BCUT2D eigenvalue weighted by atomic mass is 10.00. The maximum atomic E-state index is 11.0. The van der Waals surface area contributed by atoms with Crippen molar-refractivity contribution >= 4 is 16.7 Å². The van der Waals surface area contributed by atoms with Crippen LogP contribution in [0, 0.1) is 0 Å². The Kier molecular flexibility index (Phi) is 4.60. The highest BCUT2D eigenvalue weighted by atomic mass is 16.4. The topological polar surface area (TPSA) is 60.8 Å². The van der Waals surface area contributed by atoms with Crippen LogP contribution in [0.3, 0.4) is 0 Å². The van der Waals surface area contributed by atoms with Gasteiger partial charge in [-0.2, -0.15) is 0 Å². The Morgan fingerprint density at radius 3 is 2.71 bits per heavy atom. The number of rotatable bonds is 6. The van der Waals surface area contributed by atoms with Crippen LogP contribution in [0.15, 0.2) is 49.1 Å². The predicted molar refractivity (Wildman–Crippen MR) is 83.4 cm³/mol. The summed E-state index contributed by atoms with van der Waals surface area (Å²) in [6.45, 7) is 5.89. The van der Waals surface area contributed by atoms with Gasteiger partial charge in [-0.25, -0.2) is 0 Å². The van der Waals surface area contributed by atoms with E-state index in [-0.39, 0.29) is 18.3 Å². The van der Waals surface area contributed by atoms with Gasteiger partial charge in [0.25, 0.3) is 0 Å². The Hall–Kier alpha value is -2.33. The van der Waals surface area contributed by atoms with Gasteiger partial charge in [0.15, 0.2) is 0 Å². The summed E-state index contributed by atoms with van der Waals surface area (Å²) in [4.78, 5) is 12.7. The minimum absolute atomic E-state index is 0.0978. The van der Waals surface area contributed by atoms with E-state index in [1.54, 1.807) is 11.0 Å². The van der Waals surface area contributed by atoms with E-state index in [1.807, 2.05) is 43.3 Å². The van der Waals surface area contributed by atoms with Crippen molar-refractivity contribution in [2.45, 2.75) is 13.0 Å². The van der Waals surface area contributed by atoms with Crippen LogP contribution in [-0.4, -0.2) is 34.2 Å². The van der Waals surface area contributed by atoms with E-state index in [0.29, 0.717) is 6.54 Å². The summed E-state index contributed by atoms with van der Waals surface area (Å²) < 4.78 is 0. The van der Waals surface area contributed by atoms with E-state index in [0.717, 1.165) is 16.3 Å². The molecule has 2 aromatic carbocycles. The van der Waals surface area contributed by atoms with E-state index in [4.69, 9.17) is 5.11 Å². The molecule has 1 atom stereocenters. The largest absolute Gasteiger partial charge is 0.507 e.